The number of rotatable bonds is 5. The SMILES string of the molecule is C=C(C)c1cnn2ccc(-c3c[nH]c4nc(NCC5(C)CC5)ncc34)cc12. The number of allylic oxidation sites excluding steroid dienone is 1. The van der Waals surface area contributed by atoms with Gasteiger partial charge in [0.2, 0.25) is 5.95 Å². The van der Waals surface area contributed by atoms with Crippen LogP contribution in [0.1, 0.15) is 32.3 Å². The summed E-state index contributed by atoms with van der Waals surface area (Å²) in [7, 11) is 0. The van der Waals surface area contributed by atoms with E-state index in [1.165, 1.54) is 12.8 Å². The number of H-pyrrole nitrogens is 1. The number of fused-ring (bicyclic) bond motifs is 2. The summed E-state index contributed by atoms with van der Waals surface area (Å²) in [6.45, 7) is 9.27. The molecule has 136 valence electrons. The van der Waals surface area contributed by atoms with Crippen LogP contribution < -0.4 is 5.32 Å². The molecular weight excluding hydrogens is 336 g/mol. The van der Waals surface area contributed by atoms with Gasteiger partial charge in [0, 0.05) is 41.6 Å². The molecule has 6 heteroatoms. The van der Waals surface area contributed by atoms with Crippen LogP contribution in [0.5, 0.6) is 0 Å². The Labute approximate surface area is 157 Å². The highest BCUT2D eigenvalue weighted by Crippen LogP contribution is 2.44. The summed E-state index contributed by atoms with van der Waals surface area (Å²) >= 11 is 0. The normalized spacial score (nSPS) is 15.3. The van der Waals surface area contributed by atoms with Gasteiger partial charge in [-0.25, -0.2) is 9.50 Å². The number of hydrogen-bond acceptors (Lipinski definition) is 4. The van der Waals surface area contributed by atoms with Crippen molar-refractivity contribution in [2.75, 3.05) is 11.9 Å². The fraction of sp³-hybridized carbons (Fsp3) is 0.286. The van der Waals surface area contributed by atoms with Crippen LogP contribution in [0.25, 0.3) is 33.3 Å². The van der Waals surface area contributed by atoms with E-state index in [1.54, 1.807) is 0 Å². The molecule has 6 nitrogen and oxygen atoms in total. The third kappa shape index (κ3) is 2.77. The molecule has 0 bridgehead atoms. The Morgan fingerprint density at radius 3 is 3.00 bits per heavy atom. The van der Waals surface area contributed by atoms with Crippen molar-refractivity contribution in [3.63, 3.8) is 0 Å². The van der Waals surface area contributed by atoms with Gasteiger partial charge in [0.25, 0.3) is 0 Å². The van der Waals surface area contributed by atoms with Gasteiger partial charge < -0.3 is 10.3 Å². The molecule has 0 radical (unpaired) electrons. The van der Waals surface area contributed by atoms with Crippen LogP contribution in [0.3, 0.4) is 0 Å². The van der Waals surface area contributed by atoms with E-state index in [4.69, 9.17) is 0 Å². The average molecular weight is 358 g/mol. The molecule has 0 aromatic carbocycles. The Morgan fingerprint density at radius 2 is 2.22 bits per heavy atom. The van der Waals surface area contributed by atoms with E-state index in [1.807, 2.05) is 36.2 Å². The van der Waals surface area contributed by atoms with Crippen LogP contribution in [-0.2, 0) is 0 Å². The van der Waals surface area contributed by atoms with Crippen molar-refractivity contribution in [2.24, 2.45) is 5.41 Å². The van der Waals surface area contributed by atoms with E-state index in [2.05, 4.69) is 51.0 Å². The number of nitrogens with one attached hydrogen (secondary N) is 2. The zero-order valence-electron chi connectivity index (χ0n) is 15.6. The van der Waals surface area contributed by atoms with E-state index in [-0.39, 0.29) is 0 Å². The molecule has 0 spiro atoms. The second kappa shape index (κ2) is 5.67. The van der Waals surface area contributed by atoms with E-state index in [9.17, 15) is 0 Å². The van der Waals surface area contributed by atoms with Gasteiger partial charge in [-0.05, 0) is 48.4 Å². The first-order valence-electron chi connectivity index (χ1n) is 9.24. The van der Waals surface area contributed by atoms with Gasteiger partial charge in [0.05, 0.1) is 11.7 Å². The molecule has 1 aliphatic rings. The van der Waals surface area contributed by atoms with Gasteiger partial charge in [-0.3, -0.25) is 0 Å². The minimum absolute atomic E-state index is 0.418. The highest BCUT2D eigenvalue weighted by Gasteiger charge is 2.36. The predicted octanol–water partition coefficient (Wildman–Crippen LogP) is 4.52. The van der Waals surface area contributed by atoms with E-state index >= 15 is 0 Å². The van der Waals surface area contributed by atoms with Crippen LogP contribution in [0, 0.1) is 5.41 Å². The third-order valence-corrected chi connectivity index (χ3v) is 5.50. The van der Waals surface area contributed by atoms with E-state index < -0.39 is 0 Å². The maximum atomic E-state index is 4.64. The molecule has 0 amide bonds. The Kier molecular flexibility index (Phi) is 3.37. The number of nitrogens with zero attached hydrogens (tertiary/aromatic N) is 4. The zero-order valence-corrected chi connectivity index (χ0v) is 15.6. The second-order valence-electron chi connectivity index (χ2n) is 7.91. The highest BCUT2D eigenvalue weighted by molar-refractivity contribution is 5.94. The van der Waals surface area contributed by atoms with Crippen molar-refractivity contribution in [3.05, 3.63) is 49.1 Å². The standard InChI is InChI=1S/C21H22N6/c1-13(2)15-11-25-27-7-4-14(8-18(15)27)16-9-22-19-17(16)10-23-20(26-19)24-12-21(3)5-6-21/h4,7-11H,1,5-6,12H2,2-3H3,(H2,22,23,24,26). The lowest BCUT2D eigenvalue weighted by atomic mass is 10.1. The molecule has 1 saturated carbocycles. The van der Waals surface area contributed by atoms with Crippen molar-refractivity contribution in [3.8, 4) is 11.1 Å². The number of aromatic nitrogens is 5. The molecule has 4 aromatic rings. The van der Waals surface area contributed by atoms with Gasteiger partial charge in [-0.2, -0.15) is 10.1 Å². The van der Waals surface area contributed by atoms with Gasteiger partial charge >= 0.3 is 0 Å². The lowest BCUT2D eigenvalue weighted by Crippen LogP contribution is -2.13. The second-order valence-corrected chi connectivity index (χ2v) is 7.91. The maximum Gasteiger partial charge on any atom is 0.224 e. The van der Waals surface area contributed by atoms with Gasteiger partial charge in [0.15, 0.2) is 0 Å². The largest absolute Gasteiger partial charge is 0.354 e. The smallest absolute Gasteiger partial charge is 0.224 e. The number of anilines is 1. The Morgan fingerprint density at radius 1 is 1.37 bits per heavy atom. The summed E-state index contributed by atoms with van der Waals surface area (Å²) in [5.41, 5.74) is 6.57. The molecule has 0 aliphatic heterocycles. The van der Waals surface area contributed by atoms with Crippen LogP contribution >= 0.6 is 0 Å². The van der Waals surface area contributed by atoms with Crippen LogP contribution in [0.2, 0.25) is 0 Å². The summed E-state index contributed by atoms with van der Waals surface area (Å²) < 4.78 is 1.87. The van der Waals surface area contributed by atoms with Gasteiger partial charge in [0.1, 0.15) is 5.65 Å². The van der Waals surface area contributed by atoms with Crippen molar-refractivity contribution in [2.45, 2.75) is 26.7 Å². The predicted molar refractivity (Wildman–Crippen MR) is 109 cm³/mol. The molecule has 0 unspecified atom stereocenters. The van der Waals surface area contributed by atoms with Crippen LogP contribution in [0.4, 0.5) is 5.95 Å². The Bertz CT molecular complexity index is 1180. The molecule has 5 rings (SSSR count). The highest BCUT2D eigenvalue weighted by atomic mass is 15.2. The van der Waals surface area contributed by atoms with Crippen molar-refractivity contribution < 1.29 is 0 Å². The van der Waals surface area contributed by atoms with Crippen LogP contribution in [-0.4, -0.2) is 31.1 Å². The van der Waals surface area contributed by atoms with Crippen molar-refractivity contribution >= 4 is 28.1 Å². The maximum absolute atomic E-state index is 4.64. The molecule has 0 atom stereocenters. The summed E-state index contributed by atoms with van der Waals surface area (Å²) in [5.74, 6) is 0.680. The number of aromatic amines is 1. The fourth-order valence-corrected chi connectivity index (χ4v) is 3.39. The summed E-state index contributed by atoms with van der Waals surface area (Å²) in [4.78, 5) is 12.4. The quantitative estimate of drug-likeness (QED) is 0.550. The first-order valence-corrected chi connectivity index (χ1v) is 9.24. The monoisotopic (exact) mass is 358 g/mol. The fourth-order valence-electron chi connectivity index (χ4n) is 3.39. The average Bonchev–Trinajstić information content (AvgIpc) is 3.08. The molecule has 4 heterocycles. The van der Waals surface area contributed by atoms with Crippen molar-refractivity contribution in [1.82, 2.24) is 24.6 Å². The third-order valence-electron chi connectivity index (χ3n) is 5.50. The van der Waals surface area contributed by atoms with Crippen LogP contribution in [0.15, 0.2) is 43.5 Å². The lowest BCUT2D eigenvalue weighted by Gasteiger charge is -2.09. The Hall–Kier alpha value is -3.15. The van der Waals surface area contributed by atoms with E-state index in [0.717, 1.165) is 45.4 Å². The number of hydrogen-bond donors (Lipinski definition) is 2. The summed E-state index contributed by atoms with van der Waals surface area (Å²) in [6, 6.07) is 4.20. The summed E-state index contributed by atoms with van der Waals surface area (Å²) in [5, 5.41) is 8.77. The first kappa shape index (κ1) is 16.1. The molecule has 4 aromatic heterocycles. The zero-order chi connectivity index (χ0) is 18.6. The van der Waals surface area contributed by atoms with Gasteiger partial charge in [-0.15, -0.1) is 0 Å². The molecule has 1 fully saturated rings. The first-order chi connectivity index (χ1) is 13.0. The minimum atomic E-state index is 0.418. The minimum Gasteiger partial charge on any atom is -0.354 e. The molecule has 2 N–H and O–H groups in total. The molecule has 0 saturated heterocycles. The topological polar surface area (TPSA) is 70.9 Å². The summed E-state index contributed by atoms with van der Waals surface area (Å²) in [6.07, 6.45) is 10.3. The van der Waals surface area contributed by atoms with Crippen molar-refractivity contribution in [1.29, 1.82) is 0 Å². The Balaban J connectivity index is 1.52. The van der Waals surface area contributed by atoms with E-state index in [0.29, 0.717) is 11.4 Å². The molecule has 27 heavy (non-hydrogen) atoms. The lowest BCUT2D eigenvalue weighted by molar-refractivity contribution is 0.608. The molecule has 1 aliphatic carbocycles. The molecular formula is C21H22N6. The van der Waals surface area contributed by atoms with Gasteiger partial charge in [-0.1, -0.05) is 13.5 Å². The number of pyridine rings is 1.